The van der Waals surface area contributed by atoms with Gasteiger partial charge >= 0.3 is 0 Å². The second kappa shape index (κ2) is 10.1. The van der Waals surface area contributed by atoms with Crippen LogP contribution in [0, 0.1) is 22.7 Å². The molecule has 1 aliphatic heterocycles. The first kappa shape index (κ1) is 25.5. The van der Waals surface area contributed by atoms with Gasteiger partial charge in [-0.1, -0.05) is 38.4 Å². The van der Waals surface area contributed by atoms with Gasteiger partial charge in [-0.15, -0.1) is 5.53 Å². The minimum absolute atomic E-state index is 0.0927. The Balaban J connectivity index is 1.60. The van der Waals surface area contributed by atoms with Crippen molar-refractivity contribution in [1.29, 1.82) is 5.26 Å². The van der Waals surface area contributed by atoms with Crippen molar-refractivity contribution in [3.63, 3.8) is 0 Å². The summed E-state index contributed by atoms with van der Waals surface area (Å²) in [7, 11) is 0. The lowest BCUT2D eigenvalue weighted by atomic mass is 9.96. The van der Waals surface area contributed by atoms with Crippen molar-refractivity contribution in [2.75, 3.05) is 17.2 Å². The number of hydrogen-bond acceptors (Lipinski definition) is 8. The van der Waals surface area contributed by atoms with E-state index in [4.69, 9.17) is 11.6 Å². The molecule has 3 aromatic rings. The number of aromatic nitrogens is 2. The highest BCUT2D eigenvalue weighted by atomic mass is 35.5. The second-order valence-corrected chi connectivity index (χ2v) is 11.3. The van der Waals surface area contributed by atoms with Crippen LogP contribution in [0.5, 0.6) is 0 Å². The van der Waals surface area contributed by atoms with E-state index in [2.05, 4.69) is 58.4 Å². The van der Waals surface area contributed by atoms with E-state index >= 15 is 0 Å². The summed E-state index contributed by atoms with van der Waals surface area (Å²) >= 11 is 6.63. The third-order valence-electron chi connectivity index (χ3n) is 6.61. The smallest absolute Gasteiger partial charge is 0.262 e. The summed E-state index contributed by atoms with van der Waals surface area (Å²) in [4.78, 5) is 8.07. The van der Waals surface area contributed by atoms with Gasteiger partial charge in [0.2, 0.25) is 5.95 Å². The summed E-state index contributed by atoms with van der Waals surface area (Å²) in [6.45, 7) is 6.73. The molecule has 1 aliphatic carbocycles. The second-order valence-electron chi connectivity index (χ2n) is 10.9. The number of benzene rings is 1. The fourth-order valence-electron chi connectivity index (χ4n) is 4.30. The summed E-state index contributed by atoms with van der Waals surface area (Å²) < 4.78 is 50.8. The minimum Gasteiger partial charge on any atom is -0.383 e. The van der Waals surface area contributed by atoms with Crippen LogP contribution < -0.4 is 21.6 Å². The van der Waals surface area contributed by atoms with Crippen LogP contribution in [-0.4, -0.2) is 33.5 Å². The quantitative estimate of drug-likeness (QED) is 0.255. The standard InChI is InChI=1S/C27H28ClF3N8/c1-26(2,3)14-35-22-16(10-32)12-34-24-18(22)8-17(9-19(24)28)36-23(15-4-5-21(29)33-11-15)20-13-39(38-37-20)27(6-7-27)25(30)31/h4-5,8-9,11-13,23,25,36-38H,6-7,14H2,1-3H3,(H,34,35)/t23-/m1/s1/i23D. The normalized spacial score (nSPS) is 18.2. The van der Waals surface area contributed by atoms with E-state index in [1.54, 1.807) is 12.1 Å². The van der Waals surface area contributed by atoms with E-state index in [1.807, 2.05) is 0 Å². The topological polar surface area (TPSA) is 101 Å². The number of alkyl halides is 2. The number of halogens is 4. The first-order chi connectivity index (χ1) is 18.9. The van der Waals surface area contributed by atoms with Crippen LogP contribution in [0.3, 0.4) is 0 Å². The van der Waals surface area contributed by atoms with E-state index in [9.17, 15) is 19.8 Å². The molecular formula is C27H28ClF3N8. The zero-order valence-corrected chi connectivity index (χ0v) is 22.3. The Hall–Kier alpha value is -3.75. The number of nitrogens with one attached hydrogen (secondary N) is 4. The highest BCUT2D eigenvalue weighted by molar-refractivity contribution is 6.35. The zero-order valence-electron chi connectivity index (χ0n) is 22.5. The number of pyridine rings is 2. The third-order valence-corrected chi connectivity index (χ3v) is 6.90. The van der Waals surface area contributed by atoms with Gasteiger partial charge < -0.3 is 16.1 Å². The van der Waals surface area contributed by atoms with Gasteiger partial charge in [0, 0.05) is 36.2 Å². The van der Waals surface area contributed by atoms with Crippen molar-refractivity contribution in [3.05, 3.63) is 70.7 Å². The van der Waals surface area contributed by atoms with Crippen LogP contribution in [0.2, 0.25) is 5.02 Å². The van der Waals surface area contributed by atoms with Gasteiger partial charge in [-0.2, -0.15) is 9.65 Å². The molecule has 8 nitrogen and oxygen atoms in total. The number of fused-ring (bicyclic) bond motifs is 1. The first-order valence-corrected chi connectivity index (χ1v) is 12.7. The number of rotatable bonds is 8. The maximum atomic E-state index is 13.8. The summed E-state index contributed by atoms with van der Waals surface area (Å²) in [5, 5.41) is 18.3. The number of hydrazine groups is 2. The van der Waals surface area contributed by atoms with Gasteiger partial charge in [0.1, 0.15) is 11.6 Å². The molecule has 2 aromatic heterocycles. The lowest BCUT2D eigenvalue weighted by Crippen LogP contribution is -2.48. The Kier molecular flexibility index (Phi) is 6.61. The maximum Gasteiger partial charge on any atom is 0.262 e. The Bertz CT molecular complexity index is 1520. The summed E-state index contributed by atoms with van der Waals surface area (Å²) in [6, 6.07) is 6.12. The highest BCUT2D eigenvalue weighted by Gasteiger charge is 2.56. The molecule has 0 spiro atoms. The minimum atomic E-state index is -2.60. The molecule has 3 heterocycles. The lowest BCUT2D eigenvalue weighted by molar-refractivity contribution is 0.00911. The van der Waals surface area contributed by atoms with E-state index < -0.39 is 23.9 Å². The number of hydrogen-bond donors (Lipinski definition) is 4. The molecule has 39 heavy (non-hydrogen) atoms. The van der Waals surface area contributed by atoms with Crippen molar-refractivity contribution >= 4 is 33.9 Å². The average molecular weight is 558 g/mol. The molecule has 0 unspecified atom stereocenters. The molecule has 12 heteroatoms. The van der Waals surface area contributed by atoms with Crippen LogP contribution in [0.25, 0.3) is 10.9 Å². The van der Waals surface area contributed by atoms with Crippen LogP contribution in [-0.2, 0) is 0 Å². The molecule has 5 rings (SSSR count). The largest absolute Gasteiger partial charge is 0.383 e. The lowest BCUT2D eigenvalue weighted by Gasteiger charge is -2.25. The molecule has 4 N–H and O–H groups in total. The van der Waals surface area contributed by atoms with Gasteiger partial charge in [-0.3, -0.25) is 9.99 Å². The monoisotopic (exact) mass is 557 g/mol. The SMILES string of the molecule is [2H][C@](Nc1cc(Cl)c2ncc(C#N)c(NCC(C)(C)C)c2c1)(C1=CN(C2(C(F)F)CC2)NN1)c1ccc(F)nc1. The molecule has 1 fully saturated rings. The Labute approximate surface area is 230 Å². The summed E-state index contributed by atoms with van der Waals surface area (Å²) in [5.41, 5.74) is 6.24. The van der Waals surface area contributed by atoms with Crippen molar-refractivity contribution in [2.45, 2.75) is 51.6 Å². The van der Waals surface area contributed by atoms with Crippen molar-refractivity contribution in [1.82, 2.24) is 25.9 Å². The molecule has 0 saturated heterocycles. The van der Waals surface area contributed by atoms with Gasteiger partial charge in [-0.05, 0) is 42.0 Å². The summed E-state index contributed by atoms with van der Waals surface area (Å²) in [6.07, 6.45) is 2.05. The van der Waals surface area contributed by atoms with Crippen LogP contribution >= 0.6 is 11.6 Å². The molecule has 2 aliphatic rings. The van der Waals surface area contributed by atoms with Crippen LogP contribution in [0.15, 0.2) is 48.6 Å². The average Bonchev–Trinajstić information content (AvgIpc) is 3.56. The fraction of sp³-hybridized carbons (Fsp3) is 0.370. The van der Waals surface area contributed by atoms with Gasteiger partial charge in [0.25, 0.3) is 6.43 Å². The molecule has 0 amide bonds. The van der Waals surface area contributed by atoms with Crippen LogP contribution in [0.4, 0.5) is 24.5 Å². The predicted octanol–water partition coefficient (Wildman–Crippen LogP) is 5.87. The molecule has 204 valence electrons. The molecule has 1 saturated carbocycles. The zero-order chi connectivity index (χ0) is 28.9. The van der Waals surface area contributed by atoms with Crippen LogP contribution in [0.1, 0.15) is 52.1 Å². The Morgan fingerprint density at radius 3 is 2.64 bits per heavy atom. The van der Waals surface area contributed by atoms with Gasteiger partial charge in [0.05, 0.1) is 34.9 Å². The highest BCUT2D eigenvalue weighted by Crippen LogP contribution is 2.47. The van der Waals surface area contributed by atoms with Gasteiger partial charge in [0.15, 0.2) is 0 Å². The molecular weight excluding hydrogens is 529 g/mol. The maximum absolute atomic E-state index is 13.8. The number of nitriles is 1. The van der Waals surface area contributed by atoms with Crippen molar-refractivity contribution < 1.29 is 14.5 Å². The number of nitrogens with zero attached hydrogens (tertiary/aromatic N) is 4. The molecule has 1 atom stereocenters. The van der Waals surface area contributed by atoms with Gasteiger partial charge in [-0.25, -0.2) is 13.8 Å². The summed E-state index contributed by atoms with van der Waals surface area (Å²) in [5.74, 6) is -0.729. The van der Waals surface area contributed by atoms with E-state index in [0.29, 0.717) is 47.2 Å². The van der Waals surface area contributed by atoms with E-state index in [0.717, 1.165) is 6.07 Å². The third kappa shape index (κ3) is 5.40. The Morgan fingerprint density at radius 1 is 1.26 bits per heavy atom. The number of anilines is 2. The van der Waals surface area contributed by atoms with Crippen molar-refractivity contribution in [3.8, 4) is 6.07 Å². The van der Waals surface area contributed by atoms with Crippen molar-refractivity contribution in [2.24, 2.45) is 5.41 Å². The Morgan fingerprint density at radius 2 is 2.03 bits per heavy atom. The molecule has 1 aromatic carbocycles. The van der Waals surface area contributed by atoms with E-state index in [1.165, 1.54) is 29.7 Å². The first-order valence-electron chi connectivity index (χ1n) is 12.8. The fourth-order valence-corrected chi connectivity index (χ4v) is 4.57. The molecule has 0 bridgehead atoms. The molecule has 0 radical (unpaired) electrons. The van der Waals surface area contributed by atoms with E-state index in [-0.39, 0.29) is 21.7 Å². The predicted molar refractivity (Wildman–Crippen MR) is 144 cm³/mol.